The van der Waals surface area contributed by atoms with Gasteiger partial charge in [-0.05, 0) is 37.8 Å². The van der Waals surface area contributed by atoms with Crippen LogP contribution in [0.3, 0.4) is 0 Å². The first kappa shape index (κ1) is 13.8. The molecule has 0 saturated heterocycles. The summed E-state index contributed by atoms with van der Waals surface area (Å²) < 4.78 is 0. The van der Waals surface area contributed by atoms with E-state index in [1.54, 1.807) is 0 Å². The van der Waals surface area contributed by atoms with Crippen molar-refractivity contribution in [3.63, 3.8) is 0 Å². The number of aromatic nitrogens is 2. The number of hydrazine groups is 1. The van der Waals surface area contributed by atoms with Crippen LogP contribution in [0.25, 0.3) is 0 Å². The Kier molecular flexibility index (Phi) is 3.75. The first-order valence-electron chi connectivity index (χ1n) is 7.32. The number of aryl methyl sites for hydroxylation is 2. The molecule has 2 heterocycles. The number of nitrogens with one attached hydrogen (secondary N) is 1. The number of hydrogen-bond donors (Lipinski definition) is 2. The summed E-state index contributed by atoms with van der Waals surface area (Å²) in [6.45, 7) is 5.80. The van der Waals surface area contributed by atoms with Gasteiger partial charge >= 0.3 is 0 Å². The Morgan fingerprint density at radius 3 is 2.67 bits per heavy atom. The highest BCUT2D eigenvalue weighted by atomic mass is 15.3. The number of hydrogen-bond acceptors (Lipinski definition) is 5. The lowest BCUT2D eigenvalue weighted by atomic mass is 10.0. The molecule has 3 rings (SSSR count). The summed E-state index contributed by atoms with van der Waals surface area (Å²) in [5.74, 6) is 7.99. The van der Waals surface area contributed by atoms with Crippen molar-refractivity contribution >= 4 is 11.6 Å². The van der Waals surface area contributed by atoms with E-state index in [1.807, 2.05) is 13.8 Å². The van der Waals surface area contributed by atoms with Crippen molar-refractivity contribution in [2.75, 3.05) is 16.9 Å². The number of nitrogen functional groups attached to an aromatic ring is 1. The lowest BCUT2D eigenvalue weighted by molar-refractivity contribution is 0.746. The summed E-state index contributed by atoms with van der Waals surface area (Å²) in [6.07, 6.45) is 2.25. The number of rotatable bonds is 2. The first-order valence-corrected chi connectivity index (χ1v) is 7.32. The van der Waals surface area contributed by atoms with E-state index in [0.717, 1.165) is 43.1 Å². The van der Waals surface area contributed by atoms with Crippen molar-refractivity contribution in [3.05, 3.63) is 46.8 Å². The lowest BCUT2D eigenvalue weighted by Crippen LogP contribution is -2.26. The van der Waals surface area contributed by atoms with Gasteiger partial charge in [-0.25, -0.2) is 15.8 Å². The third-order valence-corrected chi connectivity index (χ3v) is 4.02. The third kappa shape index (κ3) is 2.69. The van der Waals surface area contributed by atoms with E-state index in [9.17, 15) is 0 Å². The Balaban J connectivity index is 1.99. The predicted molar refractivity (Wildman–Crippen MR) is 85.1 cm³/mol. The average Bonchev–Trinajstić information content (AvgIpc) is 2.71. The molecule has 2 aromatic rings. The second-order valence-electron chi connectivity index (χ2n) is 5.51. The number of anilines is 2. The molecule has 0 fully saturated rings. The smallest absolute Gasteiger partial charge is 0.148 e. The van der Waals surface area contributed by atoms with Crippen LogP contribution in [-0.2, 0) is 13.0 Å². The quantitative estimate of drug-likeness (QED) is 0.654. The van der Waals surface area contributed by atoms with Crippen molar-refractivity contribution in [3.8, 4) is 0 Å². The molecule has 1 aromatic carbocycles. The fourth-order valence-corrected chi connectivity index (χ4v) is 2.94. The molecule has 110 valence electrons. The maximum atomic E-state index is 5.57. The van der Waals surface area contributed by atoms with E-state index in [4.69, 9.17) is 5.84 Å². The molecule has 0 radical (unpaired) electrons. The topological polar surface area (TPSA) is 67.1 Å². The highest BCUT2D eigenvalue weighted by Crippen LogP contribution is 2.27. The Bertz CT molecular complexity index is 653. The normalized spacial score (nSPS) is 14.5. The molecule has 0 aliphatic carbocycles. The van der Waals surface area contributed by atoms with E-state index in [-0.39, 0.29) is 0 Å². The number of nitrogens with two attached hydrogens (primary N) is 1. The summed E-state index contributed by atoms with van der Waals surface area (Å²) in [7, 11) is 0. The largest absolute Gasteiger partial charge is 0.352 e. The summed E-state index contributed by atoms with van der Waals surface area (Å²) >= 11 is 0. The fraction of sp³-hybridized carbons (Fsp3) is 0.375. The maximum Gasteiger partial charge on any atom is 0.148 e. The van der Waals surface area contributed by atoms with E-state index in [0.29, 0.717) is 5.82 Å². The van der Waals surface area contributed by atoms with Crippen molar-refractivity contribution in [2.24, 2.45) is 5.84 Å². The molecule has 5 heteroatoms. The van der Waals surface area contributed by atoms with E-state index >= 15 is 0 Å². The third-order valence-electron chi connectivity index (χ3n) is 4.02. The first-order chi connectivity index (χ1) is 10.2. The fourth-order valence-electron chi connectivity index (χ4n) is 2.94. The number of nitrogens with zero attached hydrogens (tertiary/aromatic N) is 3. The molecular weight excluding hydrogens is 262 g/mol. The molecule has 21 heavy (non-hydrogen) atoms. The van der Waals surface area contributed by atoms with Gasteiger partial charge in [-0.3, -0.25) is 0 Å². The van der Waals surface area contributed by atoms with Crippen LogP contribution in [0.2, 0.25) is 0 Å². The second-order valence-corrected chi connectivity index (χ2v) is 5.51. The van der Waals surface area contributed by atoms with E-state index in [2.05, 4.69) is 44.6 Å². The zero-order valence-electron chi connectivity index (χ0n) is 12.6. The summed E-state index contributed by atoms with van der Waals surface area (Å²) in [6, 6.07) is 8.65. The van der Waals surface area contributed by atoms with Gasteiger partial charge in [-0.1, -0.05) is 24.3 Å². The molecule has 0 bridgehead atoms. The van der Waals surface area contributed by atoms with Gasteiger partial charge in [0.25, 0.3) is 0 Å². The molecule has 3 N–H and O–H groups in total. The van der Waals surface area contributed by atoms with Crippen LogP contribution in [-0.4, -0.2) is 16.5 Å². The summed E-state index contributed by atoms with van der Waals surface area (Å²) in [5, 5.41) is 0. The minimum absolute atomic E-state index is 0.704. The van der Waals surface area contributed by atoms with Crippen LogP contribution in [0.15, 0.2) is 24.3 Å². The predicted octanol–water partition coefficient (Wildman–Crippen LogP) is 2.33. The van der Waals surface area contributed by atoms with Gasteiger partial charge in [0.15, 0.2) is 0 Å². The highest BCUT2D eigenvalue weighted by Gasteiger charge is 2.19. The molecule has 0 amide bonds. The van der Waals surface area contributed by atoms with Crippen LogP contribution >= 0.6 is 0 Å². The van der Waals surface area contributed by atoms with E-state index in [1.165, 1.54) is 11.1 Å². The second kappa shape index (κ2) is 5.69. The van der Waals surface area contributed by atoms with Crippen molar-refractivity contribution < 1.29 is 0 Å². The zero-order valence-corrected chi connectivity index (χ0v) is 12.6. The van der Waals surface area contributed by atoms with Crippen LogP contribution in [0.1, 0.15) is 28.9 Å². The Hall–Kier alpha value is -2.14. The van der Waals surface area contributed by atoms with Crippen LogP contribution in [0.5, 0.6) is 0 Å². The van der Waals surface area contributed by atoms with Gasteiger partial charge in [0, 0.05) is 18.7 Å². The van der Waals surface area contributed by atoms with Gasteiger partial charge in [-0.15, -0.1) is 0 Å². The Morgan fingerprint density at radius 2 is 1.90 bits per heavy atom. The molecule has 1 aliphatic heterocycles. The minimum atomic E-state index is 0.704. The molecule has 1 aromatic heterocycles. The van der Waals surface area contributed by atoms with Crippen LogP contribution in [0.4, 0.5) is 11.6 Å². The molecule has 0 atom stereocenters. The molecule has 0 spiro atoms. The Labute approximate surface area is 125 Å². The maximum absolute atomic E-state index is 5.57. The minimum Gasteiger partial charge on any atom is -0.352 e. The van der Waals surface area contributed by atoms with Crippen LogP contribution in [0, 0.1) is 13.8 Å². The van der Waals surface area contributed by atoms with Gasteiger partial charge in [0.2, 0.25) is 0 Å². The molecular formula is C16H21N5. The Morgan fingerprint density at radius 1 is 1.14 bits per heavy atom. The summed E-state index contributed by atoms with van der Waals surface area (Å²) in [4.78, 5) is 11.3. The number of fused-ring (bicyclic) bond motifs is 1. The standard InChI is InChI=1S/C16H21N5/c1-11-15(20-17)18-12(2)19-16(11)21-9-5-8-13-6-3-4-7-14(13)10-21/h3-4,6-7H,5,8-10,17H2,1-2H3,(H,18,19,20). The summed E-state index contributed by atoms with van der Waals surface area (Å²) in [5.41, 5.74) is 6.50. The lowest BCUT2D eigenvalue weighted by Gasteiger charge is -2.25. The van der Waals surface area contributed by atoms with Crippen molar-refractivity contribution in [1.82, 2.24) is 9.97 Å². The van der Waals surface area contributed by atoms with Gasteiger partial charge < -0.3 is 10.3 Å². The monoisotopic (exact) mass is 283 g/mol. The van der Waals surface area contributed by atoms with Crippen molar-refractivity contribution in [2.45, 2.75) is 33.2 Å². The van der Waals surface area contributed by atoms with Crippen molar-refractivity contribution in [1.29, 1.82) is 0 Å². The van der Waals surface area contributed by atoms with Gasteiger partial charge in [-0.2, -0.15) is 0 Å². The highest BCUT2D eigenvalue weighted by molar-refractivity contribution is 5.58. The van der Waals surface area contributed by atoms with Gasteiger partial charge in [0.1, 0.15) is 17.5 Å². The SMILES string of the molecule is Cc1nc(NN)c(C)c(N2CCCc3ccccc3C2)n1. The van der Waals surface area contributed by atoms with E-state index < -0.39 is 0 Å². The zero-order chi connectivity index (χ0) is 14.8. The molecule has 0 unspecified atom stereocenters. The molecule has 1 aliphatic rings. The average molecular weight is 283 g/mol. The van der Waals surface area contributed by atoms with Crippen LogP contribution < -0.4 is 16.2 Å². The molecule has 0 saturated carbocycles. The molecule has 5 nitrogen and oxygen atoms in total. The number of benzene rings is 1. The van der Waals surface area contributed by atoms with Gasteiger partial charge in [0.05, 0.1) is 0 Å².